The fourth-order valence-corrected chi connectivity index (χ4v) is 3.09. The molecule has 6 heteroatoms. The summed E-state index contributed by atoms with van der Waals surface area (Å²) >= 11 is 0. The van der Waals surface area contributed by atoms with Crippen LogP contribution in [-0.4, -0.2) is 19.0 Å². The van der Waals surface area contributed by atoms with Crippen molar-refractivity contribution in [2.75, 3.05) is 22.6 Å². The molecule has 0 radical (unpaired) electrons. The van der Waals surface area contributed by atoms with Gasteiger partial charge in [-0.05, 0) is 48.9 Å². The summed E-state index contributed by atoms with van der Waals surface area (Å²) in [5.41, 5.74) is 3.26. The Morgan fingerprint density at radius 1 is 0.929 bits per heavy atom. The van der Waals surface area contributed by atoms with Gasteiger partial charge < -0.3 is 20.3 Å². The molecular weight excluding hydrogens is 354 g/mol. The van der Waals surface area contributed by atoms with Gasteiger partial charge in [0.2, 0.25) is 0 Å². The molecule has 0 fully saturated rings. The second-order valence-corrected chi connectivity index (χ2v) is 6.54. The van der Waals surface area contributed by atoms with Gasteiger partial charge in [0.1, 0.15) is 5.75 Å². The molecule has 1 aliphatic rings. The molecular formula is C22H19N3O3. The Labute approximate surface area is 162 Å². The Hall–Kier alpha value is -3.80. The molecule has 140 valence electrons. The average molecular weight is 373 g/mol. The van der Waals surface area contributed by atoms with Crippen LogP contribution in [0.15, 0.2) is 66.7 Å². The van der Waals surface area contributed by atoms with Crippen LogP contribution >= 0.6 is 0 Å². The minimum absolute atomic E-state index is 0.206. The third-order valence-electron chi connectivity index (χ3n) is 4.61. The predicted octanol–water partition coefficient (Wildman–Crippen LogP) is 5.02. The maximum Gasteiger partial charge on any atom is 0.323 e. The first kappa shape index (κ1) is 17.6. The monoisotopic (exact) mass is 373 g/mol. The van der Waals surface area contributed by atoms with E-state index in [2.05, 4.69) is 10.6 Å². The number of amides is 3. The summed E-state index contributed by atoms with van der Waals surface area (Å²) in [4.78, 5) is 26.8. The Morgan fingerprint density at radius 2 is 1.68 bits per heavy atom. The maximum atomic E-state index is 12.9. The van der Waals surface area contributed by atoms with E-state index < -0.39 is 0 Å². The van der Waals surface area contributed by atoms with E-state index in [1.54, 1.807) is 30.1 Å². The molecule has 1 heterocycles. The van der Waals surface area contributed by atoms with Crippen molar-refractivity contribution in [2.24, 2.45) is 0 Å². The molecule has 0 saturated carbocycles. The number of nitrogens with zero attached hydrogens (tertiary/aromatic N) is 1. The number of para-hydroxylation sites is 3. The molecule has 28 heavy (non-hydrogen) atoms. The number of carbonyl (C=O) groups is 2. The molecule has 0 bridgehead atoms. The Bertz CT molecular complexity index is 1080. The second-order valence-electron chi connectivity index (χ2n) is 6.54. The minimum Gasteiger partial charge on any atom is -0.454 e. The molecule has 2 N–H and O–H groups in total. The van der Waals surface area contributed by atoms with E-state index >= 15 is 0 Å². The fraction of sp³-hybridized carbons (Fsp3) is 0.0909. The number of benzene rings is 3. The zero-order chi connectivity index (χ0) is 19.7. The maximum absolute atomic E-state index is 12.9. The summed E-state index contributed by atoms with van der Waals surface area (Å²) in [5, 5.41) is 5.58. The standard InChI is InChI=1S/C22H19N3O3/c1-14-7-3-4-8-17(14)24-22(27)23-15-11-12-19-16(13-15)21(26)25(2)18-9-5-6-10-20(18)28-19/h3-13H,1-2H3,(H2,23,24,27). The van der Waals surface area contributed by atoms with E-state index in [1.165, 1.54) is 0 Å². The van der Waals surface area contributed by atoms with Crippen molar-refractivity contribution in [3.8, 4) is 11.5 Å². The highest BCUT2D eigenvalue weighted by Crippen LogP contribution is 2.38. The highest BCUT2D eigenvalue weighted by atomic mass is 16.5. The number of fused-ring (bicyclic) bond motifs is 2. The Kier molecular flexibility index (Phi) is 4.45. The molecule has 3 aromatic rings. The van der Waals surface area contributed by atoms with Gasteiger partial charge in [-0.1, -0.05) is 30.3 Å². The lowest BCUT2D eigenvalue weighted by atomic mass is 10.1. The van der Waals surface area contributed by atoms with Crippen LogP contribution in [-0.2, 0) is 0 Å². The van der Waals surface area contributed by atoms with Crippen LogP contribution in [0.25, 0.3) is 0 Å². The first-order valence-electron chi connectivity index (χ1n) is 8.85. The predicted molar refractivity (Wildman–Crippen MR) is 110 cm³/mol. The number of urea groups is 1. The highest BCUT2D eigenvalue weighted by molar-refractivity contribution is 6.10. The summed E-state index contributed by atoms with van der Waals surface area (Å²) < 4.78 is 5.92. The molecule has 0 saturated heterocycles. The number of carbonyl (C=O) groups excluding carboxylic acids is 2. The van der Waals surface area contributed by atoms with Gasteiger partial charge in [-0.3, -0.25) is 4.79 Å². The molecule has 4 rings (SSSR count). The van der Waals surface area contributed by atoms with Crippen molar-refractivity contribution in [3.63, 3.8) is 0 Å². The third kappa shape index (κ3) is 3.27. The first-order valence-corrected chi connectivity index (χ1v) is 8.85. The van der Waals surface area contributed by atoms with Crippen LogP contribution in [0.2, 0.25) is 0 Å². The summed E-state index contributed by atoms with van der Waals surface area (Å²) in [5.74, 6) is 0.852. The Morgan fingerprint density at radius 3 is 2.50 bits per heavy atom. The second kappa shape index (κ2) is 7.08. The van der Waals surface area contributed by atoms with Crippen LogP contribution in [0.3, 0.4) is 0 Å². The normalized spacial score (nSPS) is 12.4. The average Bonchev–Trinajstić information content (AvgIpc) is 2.79. The molecule has 3 aromatic carbocycles. The van der Waals surface area contributed by atoms with Crippen molar-refractivity contribution in [3.05, 3.63) is 77.9 Å². The molecule has 3 amide bonds. The van der Waals surface area contributed by atoms with Gasteiger partial charge in [-0.25, -0.2) is 4.79 Å². The van der Waals surface area contributed by atoms with Crippen molar-refractivity contribution in [2.45, 2.75) is 6.92 Å². The largest absolute Gasteiger partial charge is 0.454 e. The highest BCUT2D eigenvalue weighted by Gasteiger charge is 2.25. The van der Waals surface area contributed by atoms with Gasteiger partial charge in [-0.2, -0.15) is 0 Å². The quantitative estimate of drug-likeness (QED) is 0.662. The number of rotatable bonds is 2. The minimum atomic E-state index is -0.382. The van der Waals surface area contributed by atoms with E-state index in [0.717, 1.165) is 11.3 Å². The molecule has 1 aliphatic heterocycles. The van der Waals surface area contributed by atoms with Crippen LogP contribution in [0.4, 0.5) is 21.9 Å². The van der Waals surface area contributed by atoms with Crippen molar-refractivity contribution in [1.82, 2.24) is 0 Å². The van der Waals surface area contributed by atoms with Gasteiger partial charge in [0.05, 0.1) is 11.3 Å². The fourth-order valence-electron chi connectivity index (χ4n) is 3.09. The van der Waals surface area contributed by atoms with E-state index in [9.17, 15) is 9.59 Å². The SMILES string of the molecule is Cc1ccccc1NC(=O)Nc1ccc2c(c1)C(=O)N(C)c1ccccc1O2. The lowest BCUT2D eigenvalue weighted by Gasteiger charge is -2.16. The lowest BCUT2D eigenvalue weighted by Crippen LogP contribution is -2.25. The first-order chi connectivity index (χ1) is 13.5. The number of nitrogens with one attached hydrogen (secondary N) is 2. The van der Waals surface area contributed by atoms with Crippen molar-refractivity contribution in [1.29, 1.82) is 0 Å². The van der Waals surface area contributed by atoms with Gasteiger partial charge in [0, 0.05) is 18.4 Å². The molecule has 0 spiro atoms. The zero-order valence-electron chi connectivity index (χ0n) is 15.5. The number of hydrogen-bond donors (Lipinski definition) is 2. The molecule has 0 atom stereocenters. The third-order valence-corrected chi connectivity index (χ3v) is 4.61. The molecule has 6 nitrogen and oxygen atoms in total. The van der Waals surface area contributed by atoms with Crippen LogP contribution in [0.5, 0.6) is 11.5 Å². The van der Waals surface area contributed by atoms with E-state index in [1.807, 2.05) is 55.5 Å². The lowest BCUT2D eigenvalue weighted by molar-refractivity contribution is 0.0993. The number of anilines is 3. The van der Waals surface area contributed by atoms with Crippen LogP contribution in [0.1, 0.15) is 15.9 Å². The van der Waals surface area contributed by atoms with Crippen molar-refractivity contribution >= 4 is 29.0 Å². The zero-order valence-corrected chi connectivity index (χ0v) is 15.5. The topological polar surface area (TPSA) is 70.7 Å². The smallest absolute Gasteiger partial charge is 0.323 e. The molecule has 0 aliphatic carbocycles. The molecule has 0 unspecified atom stereocenters. The summed E-state index contributed by atoms with van der Waals surface area (Å²) in [7, 11) is 1.70. The van der Waals surface area contributed by atoms with Gasteiger partial charge in [-0.15, -0.1) is 0 Å². The van der Waals surface area contributed by atoms with E-state index in [4.69, 9.17) is 4.74 Å². The summed E-state index contributed by atoms with van der Waals surface area (Å²) in [6, 6.07) is 19.5. The van der Waals surface area contributed by atoms with Gasteiger partial charge >= 0.3 is 6.03 Å². The Balaban J connectivity index is 1.58. The summed E-state index contributed by atoms with van der Waals surface area (Å²) in [6.07, 6.45) is 0. The van der Waals surface area contributed by atoms with Crippen LogP contribution in [0, 0.1) is 6.92 Å². The number of hydrogen-bond acceptors (Lipinski definition) is 3. The number of ether oxygens (including phenoxy) is 1. The van der Waals surface area contributed by atoms with Crippen molar-refractivity contribution < 1.29 is 14.3 Å². The van der Waals surface area contributed by atoms with E-state index in [0.29, 0.717) is 28.4 Å². The number of aryl methyl sites for hydroxylation is 1. The van der Waals surface area contributed by atoms with Gasteiger partial charge in [0.25, 0.3) is 5.91 Å². The summed E-state index contributed by atoms with van der Waals surface area (Å²) in [6.45, 7) is 1.92. The van der Waals surface area contributed by atoms with Gasteiger partial charge in [0.15, 0.2) is 5.75 Å². The van der Waals surface area contributed by atoms with E-state index in [-0.39, 0.29) is 11.9 Å². The van der Waals surface area contributed by atoms with Crippen LogP contribution < -0.4 is 20.3 Å². The molecule has 0 aromatic heterocycles.